The fraction of sp³-hybridized carbons (Fsp3) is 0.467. The smallest absolute Gasteiger partial charge is 0.194 e. The number of aromatic nitrogens is 2. The number of aliphatic imine (C=N–C) groups is 1. The summed E-state index contributed by atoms with van der Waals surface area (Å²) in [7, 11) is 1.84. The maximum atomic E-state index is 4.41. The topological polar surface area (TPSA) is 59.6 Å². The van der Waals surface area contributed by atoms with Crippen LogP contribution in [0, 0.1) is 6.92 Å². The Morgan fingerprint density at radius 3 is 2.82 bits per heavy atom. The summed E-state index contributed by atoms with van der Waals surface area (Å²) in [6.07, 6.45) is 1.87. The van der Waals surface area contributed by atoms with E-state index in [1.165, 1.54) is 10.6 Å². The van der Waals surface area contributed by atoms with Gasteiger partial charge in [-0.1, -0.05) is 0 Å². The number of piperazine rings is 1. The molecule has 6 nitrogen and oxygen atoms in total. The number of H-pyrrole nitrogens is 1. The minimum atomic E-state index is 0.750. The zero-order valence-electron chi connectivity index (χ0n) is 13.0. The number of hydrogen-bond acceptors (Lipinski definition) is 4. The van der Waals surface area contributed by atoms with Gasteiger partial charge in [0.15, 0.2) is 5.96 Å². The molecule has 2 N–H and O–H groups in total. The maximum Gasteiger partial charge on any atom is 0.194 e. The van der Waals surface area contributed by atoms with Crippen molar-refractivity contribution in [1.29, 1.82) is 0 Å². The van der Waals surface area contributed by atoms with Crippen LogP contribution in [0.4, 0.5) is 5.00 Å². The molecule has 7 heteroatoms. The molecule has 0 atom stereocenters. The lowest BCUT2D eigenvalue weighted by atomic mass is 10.2. The monoisotopic (exact) mass is 318 g/mol. The minimum absolute atomic E-state index is 0.750. The molecule has 0 bridgehead atoms. The quantitative estimate of drug-likeness (QED) is 0.668. The SMILES string of the molecule is CN=C(NCc1cn[nH]c1C)N1CCN(c2cccs2)CC1. The van der Waals surface area contributed by atoms with Crippen molar-refractivity contribution >= 4 is 22.3 Å². The van der Waals surface area contributed by atoms with Crippen molar-refractivity contribution in [2.24, 2.45) is 4.99 Å². The first kappa shape index (κ1) is 14.9. The van der Waals surface area contributed by atoms with Crippen molar-refractivity contribution in [3.63, 3.8) is 0 Å². The van der Waals surface area contributed by atoms with E-state index in [1.807, 2.05) is 20.2 Å². The van der Waals surface area contributed by atoms with E-state index < -0.39 is 0 Å². The van der Waals surface area contributed by atoms with Gasteiger partial charge in [0.1, 0.15) is 0 Å². The molecule has 0 aromatic carbocycles. The van der Waals surface area contributed by atoms with E-state index >= 15 is 0 Å². The fourth-order valence-electron chi connectivity index (χ4n) is 2.65. The highest BCUT2D eigenvalue weighted by molar-refractivity contribution is 7.14. The summed E-state index contributed by atoms with van der Waals surface area (Å²) < 4.78 is 0. The molecular formula is C15H22N6S. The Hall–Kier alpha value is -2.02. The molecular weight excluding hydrogens is 296 g/mol. The summed E-state index contributed by atoms with van der Waals surface area (Å²) in [6.45, 7) is 6.83. The van der Waals surface area contributed by atoms with E-state index in [-0.39, 0.29) is 0 Å². The van der Waals surface area contributed by atoms with E-state index in [9.17, 15) is 0 Å². The number of rotatable bonds is 3. The number of aryl methyl sites for hydroxylation is 1. The van der Waals surface area contributed by atoms with Crippen LogP contribution in [0.2, 0.25) is 0 Å². The van der Waals surface area contributed by atoms with E-state index in [0.717, 1.165) is 44.4 Å². The van der Waals surface area contributed by atoms with Gasteiger partial charge in [-0.25, -0.2) is 0 Å². The summed E-state index contributed by atoms with van der Waals surface area (Å²) in [5.41, 5.74) is 2.28. The fourth-order valence-corrected chi connectivity index (χ4v) is 3.43. The van der Waals surface area contributed by atoms with Crippen molar-refractivity contribution in [1.82, 2.24) is 20.4 Å². The minimum Gasteiger partial charge on any atom is -0.360 e. The molecule has 0 spiro atoms. The molecule has 1 aliphatic rings. The Labute approximate surface area is 134 Å². The van der Waals surface area contributed by atoms with Gasteiger partial charge in [-0.05, 0) is 24.4 Å². The first-order valence-electron chi connectivity index (χ1n) is 7.51. The van der Waals surface area contributed by atoms with E-state index in [2.05, 4.69) is 47.8 Å². The average molecular weight is 318 g/mol. The number of nitrogens with one attached hydrogen (secondary N) is 2. The van der Waals surface area contributed by atoms with E-state index in [0.29, 0.717) is 0 Å². The first-order valence-corrected chi connectivity index (χ1v) is 8.39. The summed E-state index contributed by atoms with van der Waals surface area (Å²) in [6, 6.07) is 4.30. The third-order valence-corrected chi connectivity index (χ3v) is 4.91. The van der Waals surface area contributed by atoms with Gasteiger partial charge in [0, 0.05) is 51.0 Å². The number of anilines is 1. The van der Waals surface area contributed by atoms with Gasteiger partial charge in [-0.2, -0.15) is 5.10 Å². The summed E-state index contributed by atoms with van der Waals surface area (Å²) in [5.74, 6) is 0.964. The Bertz CT molecular complexity index is 610. The van der Waals surface area contributed by atoms with Gasteiger partial charge in [0.2, 0.25) is 0 Å². The number of nitrogens with zero attached hydrogens (tertiary/aromatic N) is 4. The van der Waals surface area contributed by atoms with Crippen LogP contribution in [-0.2, 0) is 6.54 Å². The molecule has 2 aromatic rings. The third-order valence-electron chi connectivity index (χ3n) is 3.98. The van der Waals surface area contributed by atoms with Crippen LogP contribution in [0.1, 0.15) is 11.3 Å². The zero-order chi connectivity index (χ0) is 15.4. The Morgan fingerprint density at radius 2 is 2.23 bits per heavy atom. The molecule has 118 valence electrons. The number of aromatic amines is 1. The van der Waals surface area contributed by atoms with Crippen molar-refractivity contribution in [2.45, 2.75) is 13.5 Å². The average Bonchev–Trinajstić information content (AvgIpc) is 3.21. The first-order chi connectivity index (χ1) is 10.8. The van der Waals surface area contributed by atoms with Gasteiger partial charge in [-0.15, -0.1) is 11.3 Å². The van der Waals surface area contributed by atoms with Crippen molar-refractivity contribution in [2.75, 3.05) is 38.1 Å². The van der Waals surface area contributed by atoms with E-state index in [1.54, 1.807) is 11.3 Å². The summed E-state index contributed by atoms with van der Waals surface area (Å²) in [4.78, 5) is 9.17. The molecule has 0 unspecified atom stereocenters. The van der Waals surface area contributed by atoms with Gasteiger partial charge in [-0.3, -0.25) is 10.1 Å². The normalized spacial score (nSPS) is 16.2. The Balaban J connectivity index is 1.53. The lowest BCUT2D eigenvalue weighted by molar-refractivity contribution is 0.373. The molecule has 2 aromatic heterocycles. The second-order valence-electron chi connectivity index (χ2n) is 5.35. The molecule has 1 saturated heterocycles. The van der Waals surface area contributed by atoms with Gasteiger partial charge in [0.25, 0.3) is 0 Å². The highest BCUT2D eigenvalue weighted by atomic mass is 32.1. The lowest BCUT2D eigenvalue weighted by Gasteiger charge is -2.37. The molecule has 0 amide bonds. The highest BCUT2D eigenvalue weighted by Crippen LogP contribution is 2.22. The molecule has 0 aliphatic carbocycles. The van der Waals surface area contributed by atoms with Crippen LogP contribution < -0.4 is 10.2 Å². The van der Waals surface area contributed by atoms with Crippen molar-refractivity contribution < 1.29 is 0 Å². The molecule has 0 saturated carbocycles. The van der Waals surface area contributed by atoms with Crippen LogP contribution in [0.5, 0.6) is 0 Å². The third kappa shape index (κ3) is 3.24. The van der Waals surface area contributed by atoms with Crippen LogP contribution in [0.15, 0.2) is 28.7 Å². The van der Waals surface area contributed by atoms with Crippen molar-refractivity contribution in [3.8, 4) is 0 Å². The number of hydrogen-bond donors (Lipinski definition) is 2. The van der Waals surface area contributed by atoms with Crippen LogP contribution in [0.25, 0.3) is 0 Å². The molecule has 1 fully saturated rings. The largest absolute Gasteiger partial charge is 0.360 e. The van der Waals surface area contributed by atoms with Gasteiger partial charge < -0.3 is 15.1 Å². The second-order valence-corrected chi connectivity index (χ2v) is 6.27. The number of guanidine groups is 1. The lowest BCUT2D eigenvalue weighted by Crippen LogP contribution is -2.52. The summed E-state index contributed by atoms with van der Waals surface area (Å²) in [5, 5.41) is 13.9. The molecule has 0 radical (unpaired) electrons. The predicted molar refractivity (Wildman–Crippen MR) is 91.6 cm³/mol. The molecule has 22 heavy (non-hydrogen) atoms. The van der Waals surface area contributed by atoms with Crippen LogP contribution in [-0.4, -0.2) is 54.3 Å². The van der Waals surface area contributed by atoms with Crippen LogP contribution >= 0.6 is 11.3 Å². The second kappa shape index (κ2) is 6.83. The van der Waals surface area contributed by atoms with Crippen molar-refractivity contribution in [3.05, 3.63) is 35.0 Å². The van der Waals surface area contributed by atoms with Gasteiger partial charge >= 0.3 is 0 Å². The van der Waals surface area contributed by atoms with Crippen LogP contribution in [0.3, 0.4) is 0 Å². The Kier molecular flexibility index (Phi) is 4.62. The summed E-state index contributed by atoms with van der Waals surface area (Å²) >= 11 is 1.81. The Morgan fingerprint density at radius 1 is 1.41 bits per heavy atom. The maximum absolute atomic E-state index is 4.41. The predicted octanol–water partition coefficient (Wildman–Crippen LogP) is 1.68. The zero-order valence-corrected chi connectivity index (χ0v) is 13.9. The molecule has 1 aliphatic heterocycles. The number of thiophene rings is 1. The standard InChI is InChI=1S/C15H22N6S/c1-12-13(11-18-19-12)10-17-15(16-2)21-7-5-20(6-8-21)14-4-3-9-22-14/h3-4,9,11H,5-8,10H2,1-2H3,(H,16,17)(H,18,19). The van der Waals surface area contributed by atoms with Gasteiger partial charge in [0.05, 0.1) is 11.2 Å². The highest BCUT2D eigenvalue weighted by Gasteiger charge is 2.20. The molecule has 3 heterocycles. The van der Waals surface area contributed by atoms with E-state index in [4.69, 9.17) is 0 Å². The molecule has 3 rings (SSSR count).